The minimum absolute atomic E-state index is 0.0724. The molecule has 0 saturated carbocycles. The molecule has 0 spiro atoms. The molecule has 2 aromatic rings. The summed E-state index contributed by atoms with van der Waals surface area (Å²) in [5.74, 6) is 1.57. The Morgan fingerprint density at radius 1 is 1.19 bits per heavy atom. The van der Waals surface area contributed by atoms with E-state index >= 15 is 0 Å². The van der Waals surface area contributed by atoms with Gasteiger partial charge in [-0.2, -0.15) is 0 Å². The van der Waals surface area contributed by atoms with E-state index < -0.39 is 12.5 Å². The lowest BCUT2D eigenvalue weighted by molar-refractivity contribution is 0.0986. The molecule has 0 amide bonds. The number of aromatic nitrogens is 2. The van der Waals surface area contributed by atoms with E-state index in [0.29, 0.717) is 17.1 Å². The predicted molar refractivity (Wildman–Crippen MR) is 129 cm³/mol. The van der Waals surface area contributed by atoms with Crippen LogP contribution in [0.1, 0.15) is 71.5 Å². The monoisotopic (exact) mass is 447 g/mol. The van der Waals surface area contributed by atoms with Gasteiger partial charge < -0.3 is 9.47 Å². The molecule has 1 aliphatic heterocycles. The topological polar surface area (TPSA) is 21.1 Å². The van der Waals surface area contributed by atoms with Gasteiger partial charge >= 0.3 is 0 Å². The second-order valence-corrected chi connectivity index (χ2v) is 10.5. The first kappa shape index (κ1) is 23.9. The second kappa shape index (κ2) is 8.65. The highest BCUT2D eigenvalue weighted by atomic mass is 31.0. The maximum atomic E-state index is 14.3. The number of benzene rings is 1. The zero-order valence-corrected chi connectivity index (χ0v) is 21.0. The van der Waals surface area contributed by atoms with Gasteiger partial charge in [-0.3, -0.25) is 0 Å². The maximum absolute atomic E-state index is 14.3. The number of rotatable bonds is 6. The van der Waals surface area contributed by atoms with Crippen LogP contribution >= 0.6 is 9.24 Å². The van der Waals surface area contributed by atoms with Gasteiger partial charge in [-0.25, -0.2) is 13.8 Å². The van der Waals surface area contributed by atoms with Crippen LogP contribution in [0.5, 0.6) is 0 Å². The van der Waals surface area contributed by atoms with Crippen LogP contribution in [0.3, 0.4) is 0 Å². The third kappa shape index (κ3) is 4.06. The molecule has 31 heavy (non-hydrogen) atoms. The molecule has 6 heteroatoms. The average molecular weight is 448 g/mol. The van der Waals surface area contributed by atoms with Gasteiger partial charge in [-0.1, -0.05) is 41.2 Å². The fourth-order valence-electron chi connectivity index (χ4n) is 4.63. The van der Waals surface area contributed by atoms with E-state index in [1.165, 1.54) is 0 Å². The smallest absolute Gasteiger partial charge is 0.136 e. The summed E-state index contributed by atoms with van der Waals surface area (Å²) in [5, 5.41) is 0.367. The number of alkyl halides is 1. The van der Waals surface area contributed by atoms with Gasteiger partial charge in [0.05, 0.1) is 11.2 Å². The summed E-state index contributed by atoms with van der Waals surface area (Å²) in [6.45, 7) is 20.6. The van der Waals surface area contributed by atoms with Crippen molar-refractivity contribution in [2.45, 2.75) is 73.1 Å². The first-order valence-corrected chi connectivity index (χ1v) is 11.7. The maximum Gasteiger partial charge on any atom is 0.136 e. The molecule has 3 rings (SSSR count). The number of hydrogen-bond acceptors (Lipinski definition) is 2. The summed E-state index contributed by atoms with van der Waals surface area (Å²) < 4.78 is 30.1. The van der Waals surface area contributed by atoms with Crippen molar-refractivity contribution in [2.75, 3.05) is 6.54 Å². The molecule has 0 radical (unpaired) electrons. The molecule has 2 heterocycles. The minimum Gasteiger partial charge on any atom is -0.361 e. The van der Waals surface area contributed by atoms with Crippen molar-refractivity contribution in [1.29, 1.82) is 0 Å². The summed E-state index contributed by atoms with van der Waals surface area (Å²) >= 11 is 0. The third-order valence-electron chi connectivity index (χ3n) is 6.79. The van der Waals surface area contributed by atoms with Gasteiger partial charge in [0.2, 0.25) is 0 Å². The molecule has 1 aliphatic rings. The Bertz CT molecular complexity index is 991. The fraction of sp³-hybridized carbons (Fsp3) is 0.560. The van der Waals surface area contributed by atoms with Gasteiger partial charge in [0, 0.05) is 40.9 Å². The fourth-order valence-corrected chi connectivity index (χ4v) is 5.00. The molecule has 2 unspecified atom stereocenters. The van der Waals surface area contributed by atoms with Crippen molar-refractivity contribution in [2.24, 2.45) is 11.8 Å². The van der Waals surface area contributed by atoms with Crippen molar-refractivity contribution in [1.82, 2.24) is 14.5 Å². The number of nitrogens with zero attached hydrogens (tertiary/aromatic N) is 3. The molecule has 0 bridgehead atoms. The Labute approximate surface area is 188 Å². The van der Waals surface area contributed by atoms with Crippen LogP contribution < -0.4 is 5.30 Å². The molecular weight excluding hydrogens is 411 g/mol. The Balaban J connectivity index is 2.17. The molecule has 0 aliphatic carbocycles. The summed E-state index contributed by atoms with van der Waals surface area (Å²) in [4.78, 5) is 7.49. The Morgan fingerprint density at radius 2 is 1.84 bits per heavy atom. The number of hydrogen-bond donors (Lipinski definition) is 0. The minimum atomic E-state index is -0.835. The summed E-state index contributed by atoms with van der Waals surface area (Å²) in [5.41, 5.74) is 3.57. The predicted octanol–water partition coefficient (Wildman–Crippen LogP) is 6.14. The van der Waals surface area contributed by atoms with E-state index in [1.807, 2.05) is 0 Å². The molecule has 3 nitrogen and oxygen atoms in total. The normalized spacial score (nSPS) is 16.7. The van der Waals surface area contributed by atoms with Crippen LogP contribution in [-0.4, -0.2) is 21.0 Å². The van der Waals surface area contributed by atoms with Crippen LogP contribution in [0.25, 0.3) is 11.3 Å². The zero-order valence-electron chi connectivity index (χ0n) is 19.9. The first-order chi connectivity index (χ1) is 14.4. The van der Waals surface area contributed by atoms with E-state index in [1.54, 1.807) is 12.1 Å². The van der Waals surface area contributed by atoms with Crippen LogP contribution in [-0.2, 0) is 18.8 Å². The molecule has 170 valence electrons. The lowest BCUT2D eigenvalue weighted by Gasteiger charge is -2.47. The molecule has 2 atom stereocenters. The van der Waals surface area contributed by atoms with Gasteiger partial charge in [0.25, 0.3) is 0 Å². The zero-order chi connectivity index (χ0) is 23.2. The summed E-state index contributed by atoms with van der Waals surface area (Å²) in [7, 11) is 2.38. The van der Waals surface area contributed by atoms with Crippen LogP contribution in [0.15, 0.2) is 24.4 Å². The largest absolute Gasteiger partial charge is 0.361 e. The van der Waals surface area contributed by atoms with Crippen LogP contribution in [0.4, 0.5) is 8.78 Å². The van der Waals surface area contributed by atoms with Crippen molar-refractivity contribution < 1.29 is 8.78 Å². The highest BCUT2D eigenvalue weighted by Crippen LogP contribution is 2.41. The van der Waals surface area contributed by atoms with Gasteiger partial charge in [0.15, 0.2) is 0 Å². The molecular formula is C25H36F2N3P. The van der Waals surface area contributed by atoms with E-state index in [0.717, 1.165) is 41.6 Å². The van der Waals surface area contributed by atoms with Crippen molar-refractivity contribution in [3.8, 4) is 11.3 Å². The van der Waals surface area contributed by atoms with Crippen LogP contribution in [0.2, 0.25) is 0 Å². The molecule has 0 N–H and O–H groups in total. The van der Waals surface area contributed by atoms with E-state index in [-0.39, 0.29) is 17.0 Å². The van der Waals surface area contributed by atoms with E-state index in [4.69, 9.17) is 4.98 Å². The SMILES string of the molecule is C=C(C(C)C(C)C)N1CCn2c(nc(-c3cc(P)c(F)c(CF)c3)c2C(C)C)C1(C)C. The van der Waals surface area contributed by atoms with Crippen molar-refractivity contribution in [3.05, 3.63) is 47.3 Å². The van der Waals surface area contributed by atoms with E-state index in [9.17, 15) is 8.78 Å². The molecule has 0 fully saturated rings. The standard InChI is InChI=1S/C25H36F2N3P/c1-14(2)16(5)17(6)30-10-9-29-23(15(3)4)22(28-24(29)25(30,7)8)18-11-19(13-26)21(27)20(31)12-18/h11-12,14-16H,6,9-10,13,31H2,1-5,7-8H3. The Hall–Kier alpha value is -1.74. The van der Waals surface area contributed by atoms with E-state index in [2.05, 4.69) is 73.8 Å². The second-order valence-electron chi connectivity index (χ2n) is 9.88. The lowest BCUT2D eigenvalue weighted by atomic mass is 9.90. The number of halogens is 2. The Kier molecular flexibility index (Phi) is 6.68. The number of fused-ring (bicyclic) bond motifs is 1. The number of allylic oxidation sites excluding steroid dienone is 1. The Morgan fingerprint density at radius 3 is 2.39 bits per heavy atom. The quantitative estimate of drug-likeness (QED) is 0.496. The van der Waals surface area contributed by atoms with Gasteiger partial charge in [0.1, 0.15) is 18.3 Å². The molecule has 0 saturated heterocycles. The van der Waals surface area contributed by atoms with Crippen molar-refractivity contribution in [3.63, 3.8) is 0 Å². The molecule has 1 aromatic heterocycles. The summed E-state index contributed by atoms with van der Waals surface area (Å²) in [6, 6.07) is 3.36. The van der Waals surface area contributed by atoms with Crippen molar-refractivity contribution >= 4 is 14.5 Å². The highest BCUT2D eigenvalue weighted by molar-refractivity contribution is 7.27. The highest BCUT2D eigenvalue weighted by Gasteiger charge is 2.41. The first-order valence-electron chi connectivity index (χ1n) is 11.1. The third-order valence-corrected chi connectivity index (χ3v) is 7.21. The number of imidazole rings is 1. The van der Waals surface area contributed by atoms with Gasteiger partial charge in [-0.15, -0.1) is 9.24 Å². The molecule has 1 aromatic carbocycles. The average Bonchev–Trinajstić information content (AvgIpc) is 3.10. The lowest BCUT2D eigenvalue weighted by Crippen LogP contribution is -2.49. The van der Waals surface area contributed by atoms with Crippen LogP contribution in [0, 0.1) is 17.7 Å². The summed E-state index contributed by atoms with van der Waals surface area (Å²) in [6.07, 6.45) is 0. The van der Waals surface area contributed by atoms with Gasteiger partial charge in [-0.05, 0) is 43.7 Å².